The quantitative estimate of drug-likeness (QED) is 0.263. The SMILES string of the molecule is C=CCCCOCc1ccc(C2CCC(C3CCC(C/C=C/CC)CC3)CC2)cc1. The van der Waals surface area contributed by atoms with Gasteiger partial charge in [-0.2, -0.15) is 0 Å². The molecule has 1 aromatic carbocycles. The van der Waals surface area contributed by atoms with E-state index in [0.29, 0.717) is 0 Å². The third-order valence-corrected chi connectivity index (χ3v) is 7.62. The van der Waals surface area contributed by atoms with Crippen LogP contribution >= 0.6 is 0 Å². The van der Waals surface area contributed by atoms with Gasteiger partial charge < -0.3 is 4.74 Å². The van der Waals surface area contributed by atoms with E-state index in [1.807, 2.05) is 6.08 Å². The Labute approximate surface area is 186 Å². The lowest BCUT2D eigenvalue weighted by Gasteiger charge is -2.38. The molecule has 3 rings (SSSR count). The fourth-order valence-corrected chi connectivity index (χ4v) is 5.68. The molecule has 0 radical (unpaired) electrons. The Hall–Kier alpha value is -1.34. The molecule has 1 nitrogen and oxygen atoms in total. The minimum absolute atomic E-state index is 0.737. The van der Waals surface area contributed by atoms with Crippen molar-refractivity contribution < 1.29 is 4.74 Å². The smallest absolute Gasteiger partial charge is 0.0716 e. The first kappa shape index (κ1) is 23.3. The van der Waals surface area contributed by atoms with Gasteiger partial charge in [-0.1, -0.05) is 49.4 Å². The van der Waals surface area contributed by atoms with Gasteiger partial charge in [-0.3, -0.25) is 0 Å². The second kappa shape index (κ2) is 13.2. The molecule has 0 N–H and O–H groups in total. The molecule has 30 heavy (non-hydrogen) atoms. The van der Waals surface area contributed by atoms with E-state index in [4.69, 9.17) is 4.74 Å². The van der Waals surface area contributed by atoms with Gasteiger partial charge in [0.25, 0.3) is 0 Å². The lowest BCUT2D eigenvalue weighted by molar-refractivity contribution is 0.119. The summed E-state index contributed by atoms with van der Waals surface area (Å²) in [6.07, 6.45) is 22.9. The molecule has 0 bridgehead atoms. The average molecular weight is 409 g/mol. The number of unbranched alkanes of at least 4 members (excludes halogenated alkanes) is 1. The van der Waals surface area contributed by atoms with Crippen LogP contribution in [0, 0.1) is 17.8 Å². The summed E-state index contributed by atoms with van der Waals surface area (Å²) in [6, 6.07) is 9.29. The van der Waals surface area contributed by atoms with Gasteiger partial charge >= 0.3 is 0 Å². The predicted octanol–water partition coefficient (Wildman–Crippen LogP) is 8.61. The third kappa shape index (κ3) is 7.41. The third-order valence-electron chi connectivity index (χ3n) is 7.62. The van der Waals surface area contributed by atoms with Crippen molar-refractivity contribution in [2.24, 2.45) is 17.8 Å². The van der Waals surface area contributed by atoms with E-state index in [2.05, 4.69) is 49.9 Å². The van der Waals surface area contributed by atoms with Gasteiger partial charge in [-0.25, -0.2) is 0 Å². The van der Waals surface area contributed by atoms with Crippen LogP contribution in [0.2, 0.25) is 0 Å². The van der Waals surface area contributed by atoms with Gasteiger partial charge in [-0.05, 0) is 112 Å². The molecule has 0 saturated heterocycles. The maximum Gasteiger partial charge on any atom is 0.0716 e. The second-order valence-corrected chi connectivity index (χ2v) is 9.73. The molecule has 0 spiro atoms. The summed E-state index contributed by atoms with van der Waals surface area (Å²) >= 11 is 0. The highest BCUT2D eigenvalue weighted by atomic mass is 16.5. The van der Waals surface area contributed by atoms with Crippen LogP contribution in [0.25, 0.3) is 0 Å². The van der Waals surface area contributed by atoms with E-state index >= 15 is 0 Å². The molecule has 0 heterocycles. The predicted molar refractivity (Wildman–Crippen MR) is 130 cm³/mol. The van der Waals surface area contributed by atoms with Gasteiger partial charge in [0.2, 0.25) is 0 Å². The summed E-state index contributed by atoms with van der Waals surface area (Å²) in [5.41, 5.74) is 2.85. The normalized spacial score (nSPS) is 27.4. The summed E-state index contributed by atoms with van der Waals surface area (Å²) in [4.78, 5) is 0. The van der Waals surface area contributed by atoms with Crippen LogP contribution in [0.5, 0.6) is 0 Å². The van der Waals surface area contributed by atoms with Crippen LogP contribution in [0.15, 0.2) is 49.1 Å². The summed E-state index contributed by atoms with van der Waals surface area (Å²) < 4.78 is 5.77. The Morgan fingerprint density at radius 2 is 1.57 bits per heavy atom. The fraction of sp³-hybridized carbons (Fsp3) is 0.655. The van der Waals surface area contributed by atoms with Crippen molar-refractivity contribution in [2.75, 3.05) is 6.61 Å². The summed E-state index contributed by atoms with van der Waals surface area (Å²) in [5.74, 6) is 3.75. The number of allylic oxidation sites excluding steroid dienone is 3. The van der Waals surface area contributed by atoms with Crippen molar-refractivity contribution >= 4 is 0 Å². The van der Waals surface area contributed by atoms with Gasteiger partial charge in [0.15, 0.2) is 0 Å². The molecule has 166 valence electrons. The van der Waals surface area contributed by atoms with Crippen molar-refractivity contribution in [1.82, 2.24) is 0 Å². The van der Waals surface area contributed by atoms with E-state index in [0.717, 1.165) is 49.7 Å². The summed E-state index contributed by atoms with van der Waals surface area (Å²) in [7, 11) is 0. The molecule has 2 aliphatic carbocycles. The Morgan fingerprint density at radius 1 is 0.900 bits per heavy atom. The largest absolute Gasteiger partial charge is 0.377 e. The first-order chi connectivity index (χ1) is 14.8. The number of benzene rings is 1. The van der Waals surface area contributed by atoms with E-state index < -0.39 is 0 Å². The van der Waals surface area contributed by atoms with Crippen molar-refractivity contribution in [3.8, 4) is 0 Å². The highest BCUT2D eigenvalue weighted by Crippen LogP contribution is 2.44. The van der Waals surface area contributed by atoms with E-state index in [9.17, 15) is 0 Å². The lowest BCUT2D eigenvalue weighted by Crippen LogP contribution is -2.25. The molecule has 0 atom stereocenters. The Morgan fingerprint density at radius 3 is 2.20 bits per heavy atom. The molecule has 1 aromatic rings. The van der Waals surface area contributed by atoms with Crippen molar-refractivity contribution in [1.29, 1.82) is 0 Å². The van der Waals surface area contributed by atoms with Gasteiger partial charge in [0, 0.05) is 6.61 Å². The minimum atomic E-state index is 0.737. The van der Waals surface area contributed by atoms with E-state index in [1.54, 1.807) is 5.56 Å². The molecular formula is C29H44O. The van der Waals surface area contributed by atoms with Crippen LogP contribution < -0.4 is 0 Å². The van der Waals surface area contributed by atoms with Gasteiger partial charge in [-0.15, -0.1) is 6.58 Å². The van der Waals surface area contributed by atoms with Crippen molar-refractivity contribution in [3.05, 3.63) is 60.2 Å². The number of rotatable bonds is 11. The first-order valence-electron chi connectivity index (χ1n) is 12.7. The highest BCUT2D eigenvalue weighted by Gasteiger charge is 2.30. The molecular weight excluding hydrogens is 364 g/mol. The average Bonchev–Trinajstić information content (AvgIpc) is 2.80. The van der Waals surface area contributed by atoms with Crippen LogP contribution in [0.1, 0.15) is 101 Å². The van der Waals surface area contributed by atoms with Crippen molar-refractivity contribution in [2.45, 2.75) is 96.5 Å². The maximum absolute atomic E-state index is 5.77. The van der Waals surface area contributed by atoms with Crippen LogP contribution in [-0.2, 0) is 11.3 Å². The Kier molecular flexibility index (Phi) is 10.2. The number of ether oxygens (including phenoxy) is 1. The van der Waals surface area contributed by atoms with Crippen LogP contribution in [0.3, 0.4) is 0 Å². The maximum atomic E-state index is 5.77. The Bertz CT molecular complexity index is 612. The zero-order valence-corrected chi connectivity index (χ0v) is 19.4. The van der Waals surface area contributed by atoms with Gasteiger partial charge in [0.1, 0.15) is 0 Å². The first-order valence-corrected chi connectivity index (χ1v) is 12.7. The fourth-order valence-electron chi connectivity index (χ4n) is 5.68. The van der Waals surface area contributed by atoms with Gasteiger partial charge in [0.05, 0.1) is 6.61 Å². The molecule has 0 unspecified atom stereocenters. The summed E-state index contributed by atoms with van der Waals surface area (Å²) in [5, 5.41) is 0. The number of hydrogen-bond donors (Lipinski definition) is 0. The van der Waals surface area contributed by atoms with Crippen LogP contribution in [0.4, 0.5) is 0 Å². The molecule has 0 amide bonds. The molecule has 2 fully saturated rings. The van der Waals surface area contributed by atoms with Crippen LogP contribution in [-0.4, -0.2) is 6.61 Å². The van der Waals surface area contributed by atoms with Crippen molar-refractivity contribution in [3.63, 3.8) is 0 Å². The zero-order chi connectivity index (χ0) is 21.0. The zero-order valence-electron chi connectivity index (χ0n) is 19.4. The molecule has 0 aromatic heterocycles. The molecule has 2 aliphatic rings. The Balaban J connectivity index is 1.36. The van der Waals surface area contributed by atoms with E-state index in [-0.39, 0.29) is 0 Å². The minimum Gasteiger partial charge on any atom is -0.377 e. The molecule has 0 aliphatic heterocycles. The molecule has 1 heteroatoms. The standard InChI is InChI=1S/C29H44O/c1-3-5-7-9-24-10-14-26(15-11-24)28-18-20-29(21-19-28)27-16-12-25(13-17-27)23-30-22-8-6-4-2/h4-5,7,12-13,16-17,24,26,28-29H,2-3,6,8-11,14-15,18-23H2,1H3/b7-5+. The number of hydrogen-bond acceptors (Lipinski definition) is 1. The topological polar surface area (TPSA) is 9.23 Å². The highest BCUT2D eigenvalue weighted by molar-refractivity contribution is 5.25. The monoisotopic (exact) mass is 408 g/mol. The van der Waals surface area contributed by atoms with E-state index in [1.165, 1.54) is 69.8 Å². The second-order valence-electron chi connectivity index (χ2n) is 9.73. The molecule has 2 saturated carbocycles. The lowest BCUT2D eigenvalue weighted by atomic mass is 9.68. The summed E-state index contributed by atoms with van der Waals surface area (Å²) in [6.45, 7) is 7.56.